The molecular weight excluding hydrogens is 358 g/mol. The standard InChI is InChI=1S/C21H25N3O4/c25-20-12-17(14-24(20)15-18-5-3-9-28-18)21(26)22-13-16-4-1-2-6-19(16)23-7-10-27-11-8-23/h1-6,9,17H,7-8,10-15H2,(H,22,26)/t17-/m1/s1. The molecule has 2 saturated heterocycles. The zero-order chi connectivity index (χ0) is 19.3. The molecular formula is C21H25N3O4. The number of para-hydroxylation sites is 1. The molecule has 2 fully saturated rings. The zero-order valence-corrected chi connectivity index (χ0v) is 15.8. The van der Waals surface area contributed by atoms with Gasteiger partial charge in [-0.3, -0.25) is 9.59 Å². The first-order valence-corrected chi connectivity index (χ1v) is 9.69. The van der Waals surface area contributed by atoms with E-state index in [9.17, 15) is 9.59 Å². The van der Waals surface area contributed by atoms with Crippen LogP contribution in [0.5, 0.6) is 0 Å². The average molecular weight is 383 g/mol. The lowest BCUT2D eigenvalue weighted by atomic mass is 10.1. The first kappa shape index (κ1) is 18.6. The van der Waals surface area contributed by atoms with Crippen LogP contribution in [0.2, 0.25) is 0 Å². The summed E-state index contributed by atoms with van der Waals surface area (Å²) in [7, 11) is 0. The summed E-state index contributed by atoms with van der Waals surface area (Å²) in [6.07, 6.45) is 1.84. The van der Waals surface area contributed by atoms with Crippen molar-refractivity contribution in [2.24, 2.45) is 5.92 Å². The van der Waals surface area contributed by atoms with Gasteiger partial charge in [-0.15, -0.1) is 0 Å². The Morgan fingerprint density at radius 2 is 1.96 bits per heavy atom. The van der Waals surface area contributed by atoms with Gasteiger partial charge >= 0.3 is 0 Å². The molecule has 0 saturated carbocycles. The number of rotatable bonds is 6. The molecule has 3 heterocycles. The summed E-state index contributed by atoms with van der Waals surface area (Å²) in [5.74, 6) is 0.323. The molecule has 2 aliphatic heterocycles. The Morgan fingerprint density at radius 3 is 2.75 bits per heavy atom. The fourth-order valence-corrected chi connectivity index (χ4v) is 3.79. The first-order chi connectivity index (χ1) is 13.7. The van der Waals surface area contributed by atoms with Crippen LogP contribution in [0.3, 0.4) is 0 Å². The van der Waals surface area contributed by atoms with Crippen LogP contribution in [0.15, 0.2) is 47.1 Å². The summed E-state index contributed by atoms with van der Waals surface area (Å²) in [6, 6.07) is 11.7. The maximum Gasteiger partial charge on any atom is 0.225 e. The topological polar surface area (TPSA) is 75.0 Å². The lowest BCUT2D eigenvalue weighted by Gasteiger charge is -2.30. The van der Waals surface area contributed by atoms with Crippen molar-refractivity contribution >= 4 is 17.5 Å². The van der Waals surface area contributed by atoms with Gasteiger partial charge < -0.3 is 24.3 Å². The molecule has 0 aliphatic carbocycles. The largest absolute Gasteiger partial charge is 0.467 e. The smallest absolute Gasteiger partial charge is 0.225 e. The van der Waals surface area contributed by atoms with Crippen LogP contribution in [0.1, 0.15) is 17.7 Å². The van der Waals surface area contributed by atoms with E-state index in [-0.39, 0.29) is 24.2 Å². The number of carbonyl (C=O) groups excluding carboxylic acids is 2. The lowest BCUT2D eigenvalue weighted by molar-refractivity contribution is -0.129. The molecule has 1 atom stereocenters. The van der Waals surface area contributed by atoms with Crippen LogP contribution in [0.4, 0.5) is 5.69 Å². The second kappa shape index (κ2) is 8.48. The van der Waals surface area contributed by atoms with Crippen LogP contribution in [-0.2, 0) is 27.4 Å². The minimum absolute atomic E-state index is 0.00901. The molecule has 1 aromatic carbocycles. The molecule has 28 heavy (non-hydrogen) atoms. The molecule has 0 spiro atoms. The number of carbonyl (C=O) groups is 2. The Morgan fingerprint density at radius 1 is 1.14 bits per heavy atom. The van der Waals surface area contributed by atoms with Crippen molar-refractivity contribution in [2.75, 3.05) is 37.7 Å². The number of ether oxygens (including phenoxy) is 1. The Balaban J connectivity index is 1.34. The van der Waals surface area contributed by atoms with Gasteiger partial charge in [0.25, 0.3) is 0 Å². The molecule has 2 aromatic rings. The summed E-state index contributed by atoms with van der Waals surface area (Å²) in [5, 5.41) is 3.02. The minimum Gasteiger partial charge on any atom is -0.467 e. The van der Waals surface area contributed by atoms with E-state index < -0.39 is 0 Å². The summed E-state index contributed by atoms with van der Waals surface area (Å²) < 4.78 is 10.7. The number of amides is 2. The third-order valence-electron chi connectivity index (χ3n) is 5.31. The van der Waals surface area contributed by atoms with Crippen molar-refractivity contribution < 1.29 is 18.7 Å². The third kappa shape index (κ3) is 4.20. The zero-order valence-electron chi connectivity index (χ0n) is 15.8. The van der Waals surface area contributed by atoms with Gasteiger partial charge in [-0.05, 0) is 23.8 Å². The highest BCUT2D eigenvalue weighted by atomic mass is 16.5. The normalized spacial score (nSPS) is 19.9. The van der Waals surface area contributed by atoms with Gasteiger partial charge in [0.1, 0.15) is 5.76 Å². The molecule has 1 N–H and O–H groups in total. The maximum absolute atomic E-state index is 12.7. The van der Waals surface area contributed by atoms with Crippen LogP contribution in [-0.4, -0.2) is 49.6 Å². The monoisotopic (exact) mass is 383 g/mol. The van der Waals surface area contributed by atoms with E-state index in [4.69, 9.17) is 9.15 Å². The number of benzene rings is 1. The Bertz CT molecular complexity index is 815. The van der Waals surface area contributed by atoms with Crippen molar-refractivity contribution in [1.29, 1.82) is 0 Å². The number of morpholine rings is 1. The molecule has 0 unspecified atom stereocenters. The number of anilines is 1. The van der Waals surface area contributed by atoms with Crippen molar-refractivity contribution in [3.63, 3.8) is 0 Å². The van der Waals surface area contributed by atoms with Crippen LogP contribution >= 0.6 is 0 Å². The SMILES string of the molecule is O=C(NCc1ccccc1N1CCOCC1)[C@@H]1CC(=O)N(Cc2ccco2)C1. The fraction of sp³-hybridized carbons (Fsp3) is 0.429. The van der Waals surface area contributed by atoms with Gasteiger partial charge in [0.2, 0.25) is 11.8 Å². The van der Waals surface area contributed by atoms with Gasteiger partial charge in [-0.1, -0.05) is 18.2 Å². The number of nitrogens with zero attached hydrogens (tertiary/aromatic N) is 2. The number of likely N-dealkylation sites (tertiary alicyclic amines) is 1. The maximum atomic E-state index is 12.7. The highest BCUT2D eigenvalue weighted by molar-refractivity contribution is 5.89. The molecule has 2 amide bonds. The molecule has 7 nitrogen and oxygen atoms in total. The van der Waals surface area contributed by atoms with E-state index in [0.29, 0.717) is 19.6 Å². The molecule has 1 aromatic heterocycles. The fourth-order valence-electron chi connectivity index (χ4n) is 3.79. The predicted octanol–water partition coefficient (Wildman–Crippen LogP) is 1.78. The van der Waals surface area contributed by atoms with E-state index >= 15 is 0 Å². The third-order valence-corrected chi connectivity index (χ3v) is 5.31. The molecule has 0 radical (unpaired) electrons. The van der Waals surface area contributed by atoms with Crippen molar-refractivity contribution in [3.05, 3.63) is 54.0 Å². The van der Waals surface area contributed by atoms with E-state index in [2.05, 4.69) is 16.3 Å². The van der Waals surface area contributed by atoms with Crippen molar-refractivity contribution in [3.8, 4) is 0 Å². The molecule has 148 valence electrons. The lowest BCUT2D eigenvalue weighted by Crippen LogP contribution is -2.37. The van der Waals surface area contributed by atoms with Gasteiger partial charge in [0.15, 0.2) is 0 Å². The number of hydrogen-bond donors (Lipinski definition) is 1. The second-order valence-electron chi connectivity index (χ2n) is 7.20. The van der Waals surface area contributed by atoms with Crippen LogP contribution in [0, 0.1) is 5.92 Å². The van der Waals surface area contributed by atoms with E-state index in [1.54, 1.807) is 17.2 Å². The number of furan rings is 1. The molecule has 0 bridgehead atoms. The van der Waals surface area contributed by atoms with Gasteiger partial charge in [0, 0.05) is 38.3 Å². The Kier molecular flexibility index (Phi) is 5.62. The minimum atomic E-state index is -0.321. The van der Waals surface area contributed by atoms with Crippen molar-refractivity contribution in [2.45, 2.75) is 19.5 Å². The predicted molar refractivity (Wildman–Crippen MR) is 104 cm³/mol. The van der Waals surface area contributed by atoms with Gasteiger partial charge in [0.05, 0.1) is 31.9 Å². The summed E-state index contributed by atoms with van der Waals surface area (Å²) >= 11 is 0. The molecule has 2 aliphatic rings. The number of nitrogens with one attached hydrogen (secondary N) is 1. The second-order valence-corrected chi connectivity index (χ2v) is 7.20. The Labute approximate surface area is 164 Å². The highest BCUT2D eigenvalue weighted by Crippen LogP contribution is 2.23. The average Bonchev–Trinajstić information content (AvgIpc) is 3.37. The highest BCUT2D eigenvalue weighted by Gasteiger charge is 2.34. The summed E-state index contributed by atoms with van der Waals surface area (Å²) in [4.78, 5) is 28.9. The molecule has 4 rings (SSSR count). The first-order valence-electron chi connectivity index (χ1n) is 9.69. The quantitative estimate of drug-likeness (QED) is 0.823. The summed E-state index contributed by atoms with van der Waals surface area (Å²) in [6.45, 7) is 4.43. The Hall–Kier alpha value is -2.80. The van der Waals surface area contributed by atoms with E-state index in [1.807, 2.05) is 24.3 Å². The molecule has 7 heteroatoms. The van der Waals surface area contributed by atoms with Crippen LogP contribution in [0.25, 0.3) is 0 Å². The number of hydrogen-bond acceptors (Lipinski definition) is 5. The van der Waals surface area contributed by atoms with Crippen molar-refractivity contribution in [1.82, 2.24) is 10.2 Å². The van der Waals surface area contributed by atoms with E-state index in [1.165, 1.54) is 0 Å². The van der Waals surface area contributed by atoms with Gasteiger partial charge in [-0.2, -0.15) is 0 Å². The van der Waals surface area contributed by atoms with E-state index in [0.717, 1.165) is 43.3 Å². The van der Waals surface area contributed by atoms with Crippen LogP contribution < -0.4 is 10.2 Å². The summed E-state index contributed by atoms with van der Waals surface area (Å²) in [5.41, 5.74) is 2.21. The van der Waals surface area contributed by atoms with Gasteiger partial charge in [-0.25, -0.2) is 0 Å².